The Morgan fingerprint density at radius 3 is 2.30 bits per heavy atom. The molecule has 138 valence electrons. The van der Waals surface area contributed by atoms with Crippen LogP contribution in [0.1, 0.15) is 31.2 Å². The predicted molar refractivity (Wildman–Crippen MR) is 108 cm³/mol. The van der Waals surface area contributed by atoms with E-state index >= 15 is 0 Å². The molecule has 0 spiro atoms. The van der Waals surface area contributed by atoms with Crippen molar-refractivity contribution in [2.75, 3.05) is 11.9 Å². The Kier molecular flexibility index (Phi) is 5.28. The molecule has 0 aliphatic heterocycles. The molecule has 0 atom stereocenters. The number of hydrogen-bond acceptors (Lipinski definition) is 4. The minimum Gasteiger partial charge on any atom is -0.457 e. The molecule has 0 radical (unpaired) electrons. The van der Waals surface area contributed by atoms with Crippen LogP contribution in [0.2, 0.25) is 0 Å². The fraction of sp³-hybridized carbons (Fsp3) is 0.143. The van der Waals surface area contributed by atoms with Gasteiger partial charge in [-0.1, -0.05) is 30.3 Å². The minimum absolute atomic E-state index is 0.273. The number of carbonyl (C=O) groups is 2. The fourth-order valence-corrected chi connectivity index (χ4v) is 3.88. The Labute approximate surface area is 162 Å². The van der Waals surface area contributed by atoms with Crippen LogP contribution >= 0.6 is 11.3 Å². The number of nitrogens with two attached hydrogens (primary N) is 1. The van der Waals surface area contributed by atoms with Gasteiger partial charge in [-0.15, -0.1) is 11.3 Å². The van der Waals surface area contributed by atoms with Crippen molar-refractivity contribution in [1.82, 2.24) is 0 Å². The first kappa shape index (κ1) is 18.7. The Bertz CT molecular complexity index is 996. The van der Waals surface area contributed by atoms with Crippen molar-refractivity contribution >= 4 is 28.2 Å². The number of primary amides is 1. The molecular formula is C21H20N2O3S. The van der Waals surface area contributed by atoms with E-state index in [9.17, 15) is 9.59 Å². The van der Waals surface area contributed by atoms with Crippen LogP contribution in [0.15, 0.2) is 54.6 Å². The number of para-hydroxylation sites is 2. The Hall–Kier alpha value is -3.12. The van der Waals surface area contributed by atoms with Gasteiger partial charge >= 0.3 is 0 Å². The summed E-state index contributed by atoms with van der Waals surface area (Å²) in [7, 11) is 1.64. The number of thiophene rings is 1. The van der Waals surface area contributed by atoms with Crippen LogP contribution in [0.5, 0.6) is 11.5 Å². The third-order valence-electron chi connectivity index (χ3n) is 4.31. The number of carbonyl (C=O) groups excluding carboxylic acids is 2. The van der Waals surface area contributed by atoms with Gasteiger partial charge in [0.05, 0.1) is 11.1 Å². The molecule has 2 aromatic carbocycles. The molecule has 0 saturated carbocycles. The van der Waals surface area contributed by atoms with Gasteiger partial charge in [0.2, 0.25) is 0 Å². The standard InChI is InChI=1S/C21H20N2O3S/c1-13-14(2)27-21(18(13)19(22)24)23(3)20(25)16-11-7-8-12-17(16)26-15-9-5-4-6-10-15/h4-12H,1-3H3,(H2,22,24). The van der Waals surface area contributed by atoms with Gasteiger partial charge in [-0.2, -0.15) is 0 Å². The summed E-state index contributed by atoms with van der Waals surface area (Å²) in [6.45, 7) is 3.74. The highest BCUT2D eigenvalue weighted by atomic mass is 32.1. The number of nitrogens with zero attached hydrogens (tertiary/aromatic N) is 1. The minimum atomic E-state index is -0.541. The van der Waals surface area contributed by atoms with Crippen molar-refractivity contribution in [3.05, 3.63) is 76.2 Å². The van der Waals surface area contributed by atoms with Crippen molar-refractivity contribution in [3.8, 4) is 11.5 Å². The summed E-state index contributed by atoms with van der Waals surface area (Å²) in [5.74, 6) is 0.276. The Balaban J connectivity index is 1.97. The summed E-state index contributed by atoms with van der Waals surface area (Å²) < 4.78 is 5.89. The molecule has 3 aromatic rings. The molecular weight excluding hydrogens is 360 g/mol. The molecule has 1 heterocycles. The van der Waals surface area contributed by atoms with E-state index in [1.54, 1.807) is 25.2 Å². The van der Waals surface area contributed by atoms with Crippen LogP contribution in [0.4, 0.5) is 5.00 Å². The topological polar surface area (TPSA) is 72.6 Å². The van der Waals surface area contributed by atoms with E-state index in [1.807, 2.05) is 50.2 Å². The summed E-state index contributed by atoms with van der Waals surface area (Å²) in [5, 5.41) is 0.539. The number of ether oxygens (including phenoxy) is 1. The highest BCUT2D eigenvalue weighted by Crippen LogP contribution is 2.36. The van der Waals surface area contributed by atoms with Crippen LogP contribution in [0.3, 0.4) is 0 Å². The normalized spacial score (nSPS) is 10.5. The molecule has 27 heavy (non-hydrogen) atoms. The monoisotopic (exact) mass is 380 g/mol. The molecule has 3 rings (SSSR count). The quantitative estimate of drug-likeness (QED) is 0.707. The smallest absolute Gasteiger partial charge is 0.262 e. The molecule has 6 heteroatoms. The molecule has 1 aromatic heterocycles. The Morgan fingerprint density at radius 1 is 1.00 bits per heavy atom. The fourth-order valence-electron chi connectivity index (χ4n) is 2.76. The number of amides is 2. The second-order valence-electron chi connectivity index (χ2n) is 6.10. The first-order valence-electron chi connectivity index (χ1n) is 8.40. The van der Waals surface area contributed by atoms with Gasteiger partial charge in [-0.3, -0.25) is 9.59 Å². The number of hydrogen-bond donors (Lipinski definition) is 1. The zero-order chi connectivity index (χ0) is 19.6. The third-order valence-corrected chi connectivity index (χ3v) is 5.59. The van der Waals surface area contributed by atoms with E-state index in [-0.39, 0.29) is 5.91 Å². The number of anilines is 1. The maximum atomic E-state index is 13.2. The zero-order valence-corrected chi connectivity index (χ0v) is 16.2. The molecule has 0 bridgehead atoms. The lowest BCUT2D eigenvalue weighted by Gasteiger charge is -2.19. The van der Waals surface area contributed by atoms with Gasteiger partial charge in [0.15, 0.2) is 0 Å². The van der Waals surface area contributed by atoms with Crippen molar-refractivity contribution in [2.24, 2.45) is 5.73 Å². The average Bonchev–Trinajstić information content (AvgIpc) is 2.97. The largest absolute Gasteiger partial charge is 0.457 e. The number of rotatable bonds is 5. The van der Waals surface area contributed by atoms with Gasteiger partial charge in [-0.05, 0) is 43.7 Å². The van der Waals surface area contributed by atoms with Gasteiger partial charge in [0, 0.05) is 11.9 Å². The molecule has 0 aliphatic rings. The summed E-state index contributed by atoms with van der Waals surface area (Å²) in [5.41, 5.74) is 7.13. The van der Waals surface area contributed by atoms with Crippen LogP contribution in [-0.2, 0) is 0 Å². The molecule has 0 saturated heterocycles. The van der Waals surface area contributed by atoms with E-state index in [2.05, 4.69) is 0 Å². The zero-order valence-electron chi connectivity index (χ0n) is 15.4. The van der Waals surface area contributed by atoms with E-state index in [1.165, 1.54) is 16.2 Å². The van der Waals surface area contributed by atoms with Crippen LogP contribution in [0, 0.1) is 13.8 Å². The maximum Gasteiger partial charge on any atom is 0.262 e. The molecule has 0 unspecified atom stereocenters. The highest BCUT2D eigenvalue weighted by Gasteiger charge is 2.25. The van der Waals surface area contributed by atoms with Crippen LogP contribution in [-0.4, -0.2) is 18.9 Å². The molecule has 2 N–H and O–H groups in total. The predicted octanol–water partition coefficient (Wildman–Crippen LogP) is 4.53. The SMILES string of the molecule is Cc1sc(N(C)C(=O)c2ccccc2Oc2ccccc2)c(C(N)=O)c1C. The molecule has 0 aliphatic carbocycles. The lowest BCUT2D eigenvalue weighted by atomic mass is 10.1. The van der Waals surface area contributed by atoms with Gasteiger partial charge in [0.1, 0.15) is 16.5 Å². The highest BCUT2D eigenvalue weighted by molar-refractivity contribution is 7.17. The Morgan fingerprint density at radius 2 is 1.63 bits per heavy atom. The number of benzene rings is 2. The second-order valence-corrected chi connectivity index (χ2v) is 7.31. The second kappa shape index (κ2) is 7.63. The van der Waals surface area contributed by atoms with Crippen molar-refractivity contribution in [1.29, 1.82) is 0 Å². The molecule has 2 amide bonds. The lowest BCUT2D eigenvalue weighted by molar-refractivity contribution is 0.0991. The molecule has 5 nitrogen and oxygen atoms in total. The van der Waals surface area contributed by atoms with E-state index in [0.29, 0.717) is 27.6 Å². The summed E-state index contributed by atoms with van der Waals surface area (Å²) in [6, 6.07) is 16.3. The first-order chi connectivity index (χ1) is 12.9. The van der Waals surface area contributed by atoms with Crippen molar-refractivity contribution in [2.45, 2.75) is 13.8 Å². The van der Waals surface area contributed by atoms with E-state index < -0.39 is 5.91 Å². The van der Waals surface area contributed by atoms with Crippen LogP contribution in [0.25, 0.3) is 0 Å². The van der Waals surface area contributed by atoms with Gasteiger partial charge in [-0.25, -0.2) is 0 Å². The maximum absolute atomic E-state index is 13.2. The first-order valence-corrected chi connectivity index (χ1v) is 9.21. The van der Waals surface area contributed by atoms with E-state index in [0.717, 1.165) is 10.4 Å². The average molecular weight is 380 g/mol. The summed E-state index contributed by atoms with van der Waals surface area (Å²) in [4.78, 5) is 27.5. The summed E-state index contributed by atoms with van der Waals surface area (Å²) >= 11 is 1.37. The lowest BCUT2D eigenvalue weighted by Crippen LogP contribution is -2.28. The van der Waals surface area contributed by atoms with Crippen LogP contribution < -0.4 is 15.4 Å². The molecule has 0 fully saturated rings. The third kappa shape index (κ3) is 3.71. The summed E-state index contributed by atoms with van der Waals surface area (Å²) in [6.07, 6.45) is 0. The van der Waals surface area contributed by atoms with Gasteiger partial charge < -0.3 is 15.4 Å². The van der Waals surface area contributed by atoms with Crippen molar-refractivity contribution in [3.63, 3.8) is 0 Å². The number of aryl methyl sites for hydroxylation is 1. The van der Waals surface area contributed by atoms with Gasteiger partial charge in [0.25, 0.3) is 11.8 Å². The van der Waals surface area contributed by atoms with Crippen molar-refractivity contribution < 1.29 is 14.3 Å². The van der Waals surface area contributed by atoms with E-state index in [4.69, 9.17) is 10.5 Å².